The number of aliphatic hydroxyl groups excluding tert-OH is 2. The first-order chi connectivity index (χ1) is 5.16. The second kappa shape index (κ2) is 3.49. The minimum absolute atomic E-state index is 0.0263. The fourth-order valence-corrected chi connectivity index (χ4v) is 1.50. The monoisotopic (exact) mass is 160 g/mol. The first-order valence-electron chi connectivity index (χ1n) is 3.99. The van der Waals surface area contributed by atoms with Crippen molar-refractivity contribution < 1.29 is 10.2 Å². The standard InChI is InChI=1S/C7H16N2O2/c1-4-6(10)7(11)5(9-4)2-3-8/h4-7,9-11H,2-3,8H2,1H3/t4-,5+,6+,7-/m0/s1. The maximum atomic E-state index is 9.39. The molecule has 0 radical (unpaired) electrons. The van der Waals surface area contributed by atoms with Crippen molar-refractivity contribution in [3.8, 4) is 0 Å². The molecule has 0 bridgehead atoms. The molecule has 1 saturated heterocycles. The molecule has 1 heterocycles. The maximum Gasteiger partial charge on any atom is 0.0967 e. The summed E-state index contributed by atoms with van der Waals surface area (Å²) in [6.45, 7) is 2.39. The number of hydrogen-bond acceptors (Lipinski definition) is 4. The zero-order valence-corrected chi connectivity index (χ0v) is 6.70. The summed E-state index contributed by atoms with van der Waals surface area (Å²) in [5.41, 5.74) is 5.33. The van der Waals surface area contributed by atoms with Gasteiger partial charge in [0, 0.05) is 12.1 Å². The van der Waals surface area contributed by atoms with Crippen LogP contribution in [0.5, 0.6) is 0 Å². The first-order valence-corrected chi connectivity index (χ1v) is 3.99. The Morgan fingerprint density at radius 2 is 2.00 bits per heavy atom. The van der Waals surface area contributed by atoms with E-state index in [1.54, 1.807) is 0 Å². The van der Waals surface area contributed by atoms with E-state index < -0.39 is 12.2 Å². The van der Waals surface area contributed by atoms with Crippen molar-refractivity contribution in [1.82, 2.24) is 5.32 Å². The van der Waals surface area contributed by atoms with Crippen LogP contribution in [0.25, 0.3) is 0 Å². The molecule has 0 amide bonds. The van der Waals surface area contributed by atoms with Crippen molar-refractivity contribution in [2.45, 2.75) is 37.6 Å². The lowest BCUT2D eigenvalue weighted by molar-refractivity contribution is 0.0296. The summed E-state index contributed by atoms with van der Waals surface area (Å²) in [6.07, 6.45) is -0.595. The van der Waals surface area contributed by atoms with E-state index in [4.69, 9.17) is 5.73 Å². The topological polar surface area (TPSA) is 78.5 Å². The van der Waals surface area contributed by atoms with Crippen LogP contribution in [-0.4, -0.2) is 41.0 Å². The predicted octanol–water partition coefficient (Wildman–Crippen LogP) is -1.58. The normalized spacial score (nSPS) is 44.7. The van der Waals surface area contributed by atoms with Crippen molar-refractivity contribution in [1.29, 1.82) is 0 Å². The molecule has 1 fully saturated rings. The average molecular weight is 160 g/mol. The Bertz CT molecular complexity index is 132. The van der Waals surface area contributed by atoms with Gasteiger partial charge in [-0.05, 0) is 19.9 Å². The molecule has 0 unspecified atom stereocenters. The Kier molecular flexibility index (Phi) is 2.84. The summed E-state index contributed by atoms with van der Waals surface area (Å²) >= 11 is 0. The zero-order chi connectivity index (χ0) is 8.43. The van der Waals surface area contributed by atoms with Crippen LogP contribution in [-0.2, 0) is 0 Å². The molecule has 0 aromatic heterocycles. The van der Waals surface area contributed by atoms with E-state index in [0.717, 1.165) is 0 Å². The first kappa shape index (κ1) is 8.93. The summed E-state index contributed by atoms with van der Waals surface area (Å²) in [4.78, 5) is 0. The van der Waals surface area contributed by atoms with Gasteiger partial charge in [-0.1, -0.05) is 0 Å². The lowest BCUT2D eigenvalue weighted by Gasteiger charge is -2.13. The Morgan fingerprint density at radius 3 is 2.36 bits per heavy atom. The van der Waals surface area contributed by atoms with Crippen LogP contribution in [0.2, 0.25) is 0 Å². The Morgan fingerprint density at radius 1 is 1.36 bits per heavy atom. The van der Waals surface area contributed by atoms with Gasteiger partial charge in [-0.3, -0.25) is 0 Å². The van der Waals surface area contributed by atoms with Gasteiger partial charge in [-0.25, -0.2) is 0 Å². The third kappa shape index (κ3) is 1.70. The number of hydrogen-bond donors (Lipinski definition) is 4. The van der Waals surface area contributed by atoms with Gasteiger partial charge in [-0.2, -0.15) is 0 Å². The van der Waals surface area contributed by atoms with Crippen LogP contribution < -0.4 is 11.1 Å². The summed E-state index contributed by atoms with van der Waals surface area (Å²) in [5.74, 6) is 0. The van der Waals surface area contributed by atoms with Crippen molar-refractivity contribution in [3.63, 3.8) is 0 Å². The number of rotatable bonds is 2. The van der Waals surface area contributed by atoms with Crippen molar-refractivity contribution in [2.75, 3.05) is 6.54 Å². The third-order valence-corrected chi connectivity index (χ3v) is 2.23. The maximum absolute atomic E-state index is 9.39. The van der Waals surface area contributed by atoms with E-state index in [1.165, 1.54) is 0 Å². The molecule has 4 atom stereocenters. The molecule has 0 aromatic rings. The van der Waals surface area contributed by atoms with Gasteiger partial charge in [0.05, 0.1) is 12.2 Å². The van der Waals surface area contributed by atoms with E-state index in [0.29, 0.717) is 13.0 Å². The second-order valence-electron chi connectivity index (χ2n) is 3.12. The highest BCUT2D eigenvalue weighted by Gasteiger charge is 2.37. The van der Waals surface area contributed by atoms with E-state index in [9.17, 15) is 10.2 Å². The molecule has 1 rings (SSSR count). The molecule has 1 aliphatic heterocycles. The lowest BCUT2D eigenvalue weighted by atomic mass is 10.1. The van der Waals surface area contributed by atoms with E-state index in [2.05, 4.69) is 5.32 Å². The van der Waals surface area contributed by atoms with Crippen molar-refractivity contribution >= 4 is 0 Å². The highest BCUT2D eigenvalue weighted by Crippen LogP contribution is 2.15. The Labute approximate surface area is 66.4 Å². The molecular weight excluding hydrogens is 144 g/mol. The molecule has 5 N–H and O–H groups in total. The minimum atomic E-state index is -0.659. The lowest BCUT2D eigenvalue weighted by Crippen LogP contribution is -2.34. The summed E-state index contributed by atoms with van der Waals surface area (Å²) in [6, 6.07) is -0.0634. The highest BCUT2D eigenvalue weighted by atomic mass is 16.3. The summed E-state index contributed by atoms with van der Waals surface area (Å²) in [7, 11) is 0. The molecule has 11 heavy (non-hydrogen) atoms. The van der Waals surface area contributed by atoms with Gasteiger partial charge < -0.3 is 21.3 Å². The molecule has 4 heteroatoms. The molecule has 0 aliphatic carbocycles. The molecule has 0 spiro atoms. The SMILES string of the molecule is C[C@@H]1N[C@H](CCN)[C@H](O)[C@@H]1O. The van der Waals surface area contributed by atoms with E-state index in [1.807, 2.05) is 6.92 Å². The van der Waals surface area contributed by atoms with Gasteiger partial charge in [0.2, 0.25) is 0 Å². The van der Waals surface area contributed by atoms with Crippen LogP contribution >= 0.6 is 0 Å². The van der Waals surface area contributed by atoms with E-state index >= 15 is 0 Å². The molecular formula is C7H16N2O2. The predicted molar refractivity (Wildman–Crippen MR) is 42.1 cm³/mol. The van der Waals surface area contributed by atoms with Gasteiger partial charge in [0.15, 0.2) is 0 Å². The van der Waals surface area contributed by atoms with Crippen molar-refractivity contribution in [3.05, 3.63) is 0 Å². The smallest absolute Gasteiger partial charge is 0.0967 e. The average Bonchev–Trinajstić information content (AvgIpc) is 2.19. The quantitative estimate of drug-likeness (QED) is 0.393. The highest BCUT2D eigenvalue weighted by molar-refractivity contribution is 4.95. The molecule has 0 aromatic carbocycles. The minimum Gasteiger partial charge on any atom is -0.389 e. The van der Waals surface area contributed by atoms with Crippen LogP contribution in [0.3, 0.4) is 0 Å². The third-order valence-electron chi connectivity index (χ3n) is 2.23. The zero-order valence-electron chi connectivity index (χ0n) is 6.70. The van der Waals surface area contributed by atoms with Crippen molar-refractivity contribution in [2.24, 2.45) is 5.73 Å². The number of nitrogens with one attached hydrogen (secondary N) is 1. The van der Waals surface area contributed by atoms with Gasteiger partial charge in [-0.15, -0.1) is 0 Å². The Balaban J connectivity index is 2.45. The molecule has 4 nitrogen and oxygen atoms in total. The largest absolute Gasteiger partial charge is 0.389 e. The van der Waals surface area contributed by atoms with Gasteiger partial charge in [0.1, 0.15) is 0 Å². The molecule has 1 aliphatic rings. The van der Waals surface area contributed by atoms with Crippen LogP contribution in [0, 0.1) is 0 Å². The van der Waals surface area contributed by atoms with Crippen LogP contribution in [0.15, 0.2) is 0 Å². The Hall–Kier alpha value is -0.160. The second-order valence-corrected chi connectivity index (χ2v) is 3.12. The number of aliphatic hydroxyl groups is 2. The summed E-state index contributed by atoms with van der Waals surface area (Å²) in [5, 5.41) is 21.8. The number of nitrogens with two attached hydrogens (primary N) is 1. The fourth-order valence-electron chi connectivity index (χ4n) is 1.50. The van der Waals surface area contributed by atoms with Crippen LogP contribution in [0.1, 0.15) is 13.3 Å². The van der Waals surface area contributed by atoms with Crippen LogP contribution in [0.4, 0.5) is 0 Å². The van der Waals surface area contributed by atoms with Gasteiger partial charge >= 0.3 is 0 Å². The molecule has 0 saturated carbocycles. The van der Waals surface area contributed by atoms with E-state index in [-0.39, 0.29) is 12.1 Å². The fraction of sp³-hybridized carbons (Fsp3) is 1.00. The van der Waals surface area contributed by atoms with Gasteiger partial charge in [0.25, 0.3) is 0 Å². The summed E-state index contributed by atoms with van der Waals surface area (Å²) < 4.78 is 0. The molecule has 66 valence electrons.